The molecular weight excluding hydrogens is 126 g/mol. The Labute approximate surface area is 63.0 Å². The minimum atomic E-state index is 0.337. The predicted octanol–water partition coefficient (Wildman–Crippen LogP) is 1.16. The zero-order chi connectivity index (χ0) is 7.61. The number of nitrogens with one attached hydrogen (secondary N) is 1. The largest absolute Gasteiger partial charge is 0.380 e. The van der Waals surface area contributed by atoms with Crippen LogP contribution in [0.4, 0.5) is 0 Å². The first-order valence-corrected chi connectivity index (χ1v) is 4.01. The van der Waals surface area contributed by atoms with Crippen LogP contribution in [0, 0.1) is 0 Å². The van der Waals surface area contributed by atoms with Gasteiger partial charge in [0.25, 0.3) is 0 Å². The Morgan fingerprint density at radius 3 is 2.30 bits per heavy atom. The number of likely N-dealkylation sites (N-methyl/N-ethyl adjacent to an activating group) is 1. The molecule has 0 heterocycles. The number of hydrogen-bond donors (Lipinski definition) is 1. The molecule has 2 heteroatoms. The first-order valence-electron chi connectivity index (χ1n) is 4.01. The van der Waals surface area contributed by atoms with Crippen molar-refractivity contribution in [3.63, 3.8) is 0 Å². The van der Waals surface area contributed by atoms with Gasteiger partial charge in [0.2, 0.25) is 0 Å². The summed E-state index contributed by atoms with van der Waals surface area (Å²) in [5, 5.41) is 3.33. The highest BCUT2D eigenvalue weighted by atomic mass is 16.5. The van der Waals surface area contributed by atoms with Crippen LogP contribution in [0.1, 0.15) is 26.2 Å². The van der Waals surface area contributed by atoms with Gasteiger partial charge in [0.15, 0.2) is 0 Å². The molecule has 0 aromatic carbocycles. The third kappa shape index (κ3) is 1.18. The molecule has 2 nitrogen and oxygen atoms in total. The van der Waals surface area contributed by atoms with Crippen molar-refractivity contribution in [2.24, 2.45) is 0 Å². The normalized spacial score (nSPS) is 24.3. The number of ether oxygens (including phenoxy) is 1. The van der Waals surface area contributed by atoms with Gasteiger partial charge in [-0.3, -0.25) is 0 Å². The van der Waals surface area contributed by atoms with Crippen molar-refractivity contribution < 1.29 is 4.74 Å². The second-order valence-electron chi connectivity index (χ2n) is 3.04. The van der Waals surface area contributed by atoms with E-state index >= 15 is 0 Å². The van der Waals surface area contributed by atoms with E-state index in [4.69, 9.17) is 4.74 Å². The first kappa shape index (κ1) is 8.02. The summed E-state index contributed by atoms with van der Waals surface area (Å²) in [4.78, 5) is 0. The fraction of sp³-hybridized carbons (Fsp3) is 1.00. The van der Waals surface area contributed by atoms with Gasteiger partial charge in [-0.2, -0.15) is 0 Å². The monoisotopic (exact) mass is 143 g/mol. The van der Waals surface area contributed by atoms with E-state index in [1.165, 1.54) is 12.8 Å². The van der Waals surface area contributed by atoms with Crippen LogP contribution >= 0.6 is 0 Å². The first-order chi connectivity index (χ1) is 4.79. The average molecular weight is 143 g/mol. The molecule has 1 saturated carbocycles. The van der Waals surface area contributed by atoms with Crippen LogP contribution in [0.3, 0.4) is 0 Å². The van der Waals surface area contributed by atoms with Crippen molar-refractivity contribution in [2.45, 2.75) is 37.8 Å². The highest BCUT2D eigenvalue weighted by molar-refractivity contribution is 5.06. The van der Waals surface area contributed by atoms with Crippen LogP contribution in [0.5, 0.6) is 0 Å². The lowest BCUT2D eigenvalue weighted by atomic mass is 10.1. The summed E-state index contributed by atoms with van der Waals surface area (Å²) < 4.78 is 5.36. The van der Waals surface area contributed by atoms with Gasteiger partial charge in [0.1, 0.15) is 0 Å². The summed E-state index contributed by atoms with van der Waals surface area (Å²) in [6, 6.07) is 0. The van der Waals surface area contributed by atoms with Gasteiger partial charge >= 0.3 is 0 Å². The molecule has 1 N–H and O–H groups in total. The lowest BCUT2D eigenvalue weighted by molar-refractivity contribution is 0.0586. The summed E-state index contributed by atoms with van der Waals surface area (Å²) in [6.45, 7) is 2.17. The maximum Gasteiger partial charge on any atom is 0.0750 e. The molecule has 0 bridgehead atoms. The fourth-order valence-corrected chi connectivity index (χ4v) is 1.65. The maximum absolute atomic E-state index is 5.36. The second-order valence-corrected chi connectivity index (χ2v) is 3.04. The Hall–Kier alpha value is -0.0800. The molecule has 0 aromatic rings. The minimum Gasteiger partial charge on any atom is -0.380 e. The minimum absolute atomic E-state index is 0.337. The van der Waals surface area contributed by atoms with Crippen molar-refractivity contribution in [3.05, 3.63) is 0 Å². The van der Waals surface area contributed by atoms with Crippen LogP contribution in [0.15, 0.2) is 0 Å². The SMILES string of the molecule is CCC(OC)C1(NC)CC1. The Bertz CT molecular complexity index is 106. The molecule has 1 rings (SSSR count). The topological polar surface area (TPSA) is 21.3 Å². The average Bonchev–Trinajstić information content (AvgIpc) is 2.72. The van der Waals surface area contributed by atoms with E-state index in [0.29, 0.717) is 11.6 Å². The molecule has 1 fully saturated rings. The van der Waals surface area contributed by atoms with Crippen molar-refractivity contribution in [3.8, 4) is 0 Å². The summed E-state index contributed by atoms with van der Waals surface area (Å²) in [6.07, 6.45) is 4.07. The molecule has 1 atom stereocenters. The Balaban J connectivity index is 2.43. The Morgan fingerprint density at radius 1 is 1.60 bits per heavy atom. The molecule has 60 valence electrons. The quantitative estimate of drug-likeness (QED) is 0.637. The van der Waals surface area contributed by atoms with E-state index in [1.807, 2.05) is 7.05 Å². The summed E-state index contributed by atoms with van der Waals surface area (Å²) in [7, 11) is 3.82. The lowest BCUT2D eigenvalue weighted by Crippen LogP contribution is -2.40. The maximum atomic E-state index is 5.36. The molecule has 0 aliphatic heterocycles. The van der Waals surface area contributed by atoms with Crippen LogP contribution in [0.2, 0.25) is 0 Å². The number of hydrogen-bond acceptors (Lipinski definition) is 2. The third-order valence-corrected chi connectivity index (χ3v) is 2.56. The molecule has 1 unspecified atom stereocenters. The molecule has 0 spiro atoms. The predicted molar refractivity (Wildman–Crippen MR) is 42.1 cm³/mol. The van der Waals surface area contributed by atoms with Crippen molar-refractivity contribution in [1.29, 1.82) is 0 Å². The van der Waals surface area contributed by atoms with E-state index in [9.17, 15) is 0 Å². The highest BCUT2D eigenvalue weighted by Gasteiger charge is 2.47. The standard InChI is InChI=1S/C8H17NO/c1-4-7(10-3)8(9-2)5-6-8/h7,9H,4-6H2,1-3H3. The third-order valence-electron chi connectivity index (χ3n) is 2.56. The van der Waals surface area contributed by atoms with Gasteiger partial charge in [-0.05, 0) is 26.3 Å². The van der Waals surface area contributed by atoms with Gasteiger partial charge in [-0.15, -0.1) is 0 Å². The van der Waals surface area contributed by atoms with Crippen molar-refractivity contribution in [1.82, 2.24) is 5.32 Å². The molecule has 0 saturated heterocycles. The fourth-order valence-electron chi connectivity index (χ4n) is 1.65. The van der Waals surface area contributed by atoms with Crippen molar-refractivity contribution >= 4 is 0 Å². The Morgan fingerprint density at radius 2 is 2.20 bits per heavy atom. The van der Waals surface area contributed by atoms with Crippen LogP contribution in [-0.4, -0.2) is 25.8 Å². The van der Waals surface area contributed by atoms with Gasteiger partial charge in [0.05, 0.1) is 6.10 Å². The molecule has 0 amide bonds. The molecule has 10 heavy (non-hydrogen) atoms. The zero-order valence-electron chi connectivity index (χ0n) is 7.11. The van der Waals surface area contributed by atoms with E-state index in [0.717, 1.165) is 6.42 Å². The summed E-state index contributed by atoms with van der Waals surface area (Å²) in [5.41, 5.74) is 0.337. The summed E-state index contributed by atoms with van der Waals surface area (Å²) in [5.74, 6) is 0. The molecule has 0 aromatic heterocycles. The van der Waals surface area contributed by atoms with E-state index in [1.54, 1.807) is 7.11 Å². The Kier molecular flexibility index (Phi) is 2.32. The number of rotatable bonds is 4. The van der Waals surface area contributed by atoms with E-state index in [-0.39, 0.29) is 0 Å². The summed E-state index contributed by atoms with van der Waals surface area (Å²) >= 11 is 0. The van der Waals surface area contributed by atoms with Crippen molar-refractivity contribution in [2.75, 3.05) is 14.2 Å². The molecule has 0 radical (unpaired) electrons. The van der Waals surface area contributed by atoms with E-state index in [2.05, 4.69) is 12.2 Å². The number of methoxy groups -OCH3 is 1. The van der Waals surface area contributed by atoms with Gasteiger partial charge in [-0.25, -0.2) is 0 Å². The smallest absolute Gasteiger partial charge is 0.0750 e. The van der Waals surface area contributed by atoms with Crippen LogP contribution in [-0.2, 0) is 4.74 Å². The zero-order valence-corrected chi connectivity index (χ0v) is 7.11. The van der Waals surface area contributed by atoms with Gasteiger partial charge < -0.3 is 10.1 Å². The highest BCUT2D eigenvalue weighted by Crippen LogP contribution is 2.40. The van der Waals surface area contributed by atoms with E-state index < -0.39 is 0 Å². The molecule has 1 aliphatic carbocycles. The molecular formula is C8H17NO. The molecule has 1 aliphatic rings. The van der Waals surface area contributed by atoms with Gasteiger partial charge in [-0.1, -0.05) is 6.92 Å². The van der Waals surface area contributed by atoms with Crippen LogP contribution in [0.25, 0.3) is 0 Å². The lowest BCUT2D eigenvalue weighted by Gasteiger charge is -2.23. The van der Waals surface area contributed by atoms with Crippen LogP contribution < -0.4 is 5.32 Å². The van der Waals surface area contributed by atoms with Gasteiger partial charge in [0, 0.05) is 12.6 Å². The second kappa shape index (κ2) is 2.89.